The van der Waals surface area contributed by atoms with Crippen molar-refractivity contribution in [3.8, 4) is 5.75 Å². The second kappa shape index (κ2) is 12.3. The van der Waals surface area contributed by atoms with Crippen LogP contribution in [0.25, 0.3) is 10.9 Å². The third kappa shape index (κ3) is 6.62. The van der Waals surface area contributed by atoms with Gasteiger partial charge >= 0.3 is 5.97 Å². The average molecular weight is 491 g/mol. The van der Waals surface area contributed by atoms with E-state index in [1.807, 2.05) is 24.3 Å². The number of hydrogen-bond acceptors (Lipinski definition) is 5. The minimum Gasteiger partial charge on any atom is -0.497 e. The zero-order valence-electron chi connectivity index (χ0n) is 21.4. The Labute approximate surface area is 213 Å². The Hall–Kier alpha value is -2.96. The molecular weight excluding hydrogens is 452 g/mol. The van der Waals surface area contributed by atoms with Gasteiger partial charge in [0.05, 0.1) is 24.6 Å². The number of aliphatic hydroxyl groups excluding tert-OH is 1. The van der Waals surface area contributed by atoms with Gasteiger partial charge < -0.3 is 19.8 Å². The van der Waals surface area contributed by atoms with E-state index >= 15 is 0 Å². The molecular formula is C30H38N2O4. The number of nitrogens with zero attached hydrogens (tertiary/aromatic N) is 2. The molecule has 2 N–H and O–H groups in total. The summed E-state index contributed by atoms with van der Waals surface area (Å²) in [4.78, 5) is 18.8. The molecule has 0 aliphatic carbocycles. The molecule has 2 aromatic carbocycles. The van der Waals surface area contributed by atoms with Crippen LogP contribution in [0.3, 0.4) is 0 Å². The number of hydrogen-bond donors (Lipinski definition) is 2. The van der Waals surface area contributed by atoms with Gasteiger partial charge in [0, 0.05) is 18.1 Å². The van der Waals surface area contributed by atoms with Crippen LogP contribution in [0, 0.1) is 18.8 Å². The monoisotopic (exact) mass is 490 g/mol. The largest absolute Gasteiger partial charge is 0.497 e. The number of carbonyl (C=O) groups is 1. The summed E-state index contributed by atoms with van der Waals surface area (Å²) in [5.41, 5.74) is 4.29. The van der Waals surface area contributed by atoms with E-state index in [2.05, 4.69) is 41.1 Å². The number of aryl methyl sites for hydroxylation is 2. The zero-order chi connectivity index (χ0) is 25.5. The molecule has 1 aliphatic heterocycles. The summed E-state index contributed by atoms with van der Waals surface area (Å²) in [7, 11) is 1.62. The highest BCUT2D eigenvalue weighted by Crippen LogP contribution is 2.33. The molecule has 3 aromatic rings. The number of benzene rings is 2. The van der Waals surface area contributed by atoms with E-state index in [9.17, 15) is 15.0 Å². The van der Waals surface area contributed by atoms with E-state index in [0.29, 0.717) is 19.4 Å². The molecule has 1 aromatic heterocycles. The lowest BCUT2D eigenvalue weighted by atomic mass is 9.81. The third-order valence-electron chi connectivity index (χ3n) is 7.58. The van der Waals surface area contributed by atoms with Crippen molar-refractivity contribution in [3.63, 3.8) is 0 Å². The standard InChI is InChI=1S/C30H38N2O4/c1-21-6-5-8-22(18-21)7-3-4-16-32-17-14-23(27(20-32)30(34)35)9-12-29(33)25-13-15-31-28-11-10-24(36-2)19-26(25)28/h5-6,8,10-11,13,15,18-19,23,27,29,33H,3-4,7,9,12,14,16-17,20H2,1-2H3,(H,34,35)/t23-,27+,29+/m1/s1. The molecule has 36 heavy (non-hydrogen) atoms. The molecule has 0 unspecified atom stereocenters. The van der Waals surface area contributed by atoms with E-state index in [1.165, 1.54) is 11.1 Å². The summed E-state index contributed by atoms with van der Waals surface area (Å²) in [6.07, 6.45) is 6.36. The van der Waals surface area contributed by atoms with E-state index < -0.39 is 18.0 Å². The molecule has 0 bridgehead atoms. The molecule has 2 heterocycles. The van der Waals surface area contributed by atoms with Crippen molar-refractivity contribution in [2.45, 2.75) is 51.6 Å². The van der Waals surface area contributed by atoms with Crippen molar-refractivity contribution in [3.05, 3.63) is 71.4 Å². The second-order valence-corrected chi connectivity index (χ2v) is 10.1. The number of piperidine rings is 1. The molecule has 0 radical (unpaired) electrons. The molecule has 1 saturated heterocycles. The smallest absolute Gasteiger partial charge is 0.308 e. The lowest BCUT2D eigenvalue weighted by molar-refractivity contribution is -0.146. The summed E-state index contributed by atoms with van der Waals surface area (Å²) >= 11 is 0. The first-order valence-corrected chi connectivity index (χ1v) is 13.1. The molecule has 1 aliphatic rings. The van der Waals surface area contributed by atoms with Gasteiger partial charge in [-0.2, -0.15) is 0 Å². The van der Waals surface area contributed by atoms with Crippen molar-refractivity contribution >= 4 is 16.9 Å². The van der Waals surface area contributed by atoms with Crippen molar-refractivity contribution in [2.24, 2.45) is 11.8 Å². The molecule has 4 rings (SSSR count). The molecule has 6 nitrogen and oxygen atoms in total. The van der Waals surface area contributed by atoms with Gasteiger partial charge in [0.2, 0.25) is 0 Å². The van der Waals surface area contributed by atoms with Gasteiger partial charge in [0.1, 0.15) is 5.75 Å². The van der Waals surface area contributed by atoms with Crippen LogP contribution in [-0.2, 0) is 11.2 Å². The maximum atomic E-state index is 12.1. The highest BCUT2D eigenvalue weighted by molar-refractivity contribution is 5.83. The van der Waals surface area contributed by atoms with Crippen LogP contribution in [0.1, 0.15) is 54.9 Å². The number of rotatable bonds is 11. The number of likely N-dealkylation sites (tertiary alicyclic amines) is 1. The highest BCUT2D eigenvalue weighted by Gasteiger charge is 2.34. The maximum Gasteiger partial charge on any atom is 0.308 e. The minimum absolute atomic E-state index is 0.0725. The topological polar surface area (TPSA) is 82.9 Å². The van der Waals surface area contributed by atoms with Gasteiger partial charge in [-0.05, 0) is 99.8 Å². The summed E-state index contributed by atoms with van der Waals surface area (Å²) < 4.78 is 5.35. The Kier molecular flexibility index (Phi) is 8.94. The number of aromatic nitrogens is 1. The summed E-state index contributed by atoms with van der Waals surface area (Å²) in [6, 6.07) is 16.1. The van der Waals surface area contributed by atoms with Crippen molar-refractivity contribution < 1.29 is 19.7 Å². The SMILES string of the molecule is COc1ccc2nccc([C@@H](O)CC[C@@H]3CCN(CCCCc4cccc(C)c4)C[C@@H]3C(=O)O)c2c1. The molecule has 192 valence electrons. The van der Waals surface area contributed by atoms with Crippen molar-refractivity contribution in [1.29, 1.82) is 0 Å². The van der Waals surface area contributed by atoms with Gasteiger partial charge in [-0.15, -0.1) is 0 Å². The van der Waals surface area contributed by atoms with Crippen LogP contribution in [0.15, 0.2) is 54.7 Å². The Balaban J connectivity index is 1.29. The van der Waals surface area contributed by atoms with Gasteiger partial charge in [0.15, 0.2) is 0 Å². The van der Waals surface area contributed by atoms with Crippen LogP contribution in [0.4, 0.5) is 0 Å². The normalized spacial score (nSPS) is 19.3. The summed E-state index contributed by atoms with van der Waals surface area (Å²) in [6.45, 7) is 4.57. The van der Waals surface area contributed by atoms with Crippen molar-refractivity contribution in [2.75, 3.05) is 26.7 Å². The van der Waals surface area contributed by atoms with E-state index in [0.717, 1.165) is 61.0 Å². The first kappa shape index (κ1) is 26.1. The average Bonchev–Trinajstić information content (AvgIpc) is 2.89. The number of carboxylic acids is 1. The van der Waals surface area contributed by atoms with Crippen molar-refractivity contribution in [1.82, 2.24) is 9.88 Å². The number of methoxy groups -OCH3 is 1. The predicted octanol–water partition coefficient (Wildman–Crippen LogP) is 5.41. The second-order valence-electron chi connectivity index (χ2n) is 10.1. The van der Waals surface area contributed by atoms with Gasteiger partial charge in [-0.3, -0.25) is 9.78 Å². The Morgan fingerprint density at radius 1 is 1.19 bits per heavy atom. The molecule has 3 atom stereocenters. The van der Waals surface area contributed by atoms with E-state index in [4.69, 9.17) is 4.74 Å². The third-order valence-corrected chi connectivity index (χ3v) is 7.58. The first-order chi connectivity index (χ1) is 17.4. The van der Waals surface area contributed by atoms with Crippen LogP contribution >= 0.6 is 0 Å². The minimum atomic E-state index is -0.724. The lowest BCUT2D eigenvalue weighted by Gasteiger charge is -2.37. The molecule has 0 saturated carbocycles. The Morgan fingerprint density at radius 3 is 2.83 bits per heavy atom. The Morgan fingerprint density at radius 2 is 2.06 bits per heavy atom. The number of aliphatic carboxylic acids is 1. The summed E-state index contributed by atoms with van der Waals surface area (Å²) in [5.74, 6) is -0.320. The number of ether oxygens (including phenoxy) is 1. The molecule has 0 spiro atoms. The number of unbranched alkanes of at least 4 members (excludes halogenated alkanes) is 1. The predicted molar refractivity (Wildman–Crippen MR) is 142 cm³/mol. The molecule has 1 fully saturated rings. The van der Waals surface area contributed by atoms with Gasteiger partial charge in [-0.25, -0.2) is 0 Å². The van der Waals surface area contributed by atoms with Gasteiger partial charge in [0.25, 0.3) is 0 Å². The number of aliphatic hydroxyl groups is 1. The Bertz CT molecular complexity index is 1160. The first-order valence-electron chi connectivity index (χ1n) is 13.1. The fraction of sp³-hybridized carbons (Fsp3) is 0.467. The van der Waals surface area contributed by atoms with Crippen LogP contribution in [0.5, 0.6) is 5.75 Å². The summed E-state index contributed by atoms with van der Waals surface area (Å²) in [5, 5.41) is 21.8. The van der Waals surface area contributed by atoms with Crippen LogP contribution in [0.2, 0.25) is 0 Å². The fourth-order valence-corrected chi connectivity index (χ4v) is 5.52. The van der Waals surface area contributed by atoms with E-state index in [-0.39, 0.29) is 5.92 Å². The number of carboxylic acid groups (broad SMARTS) is 1. The quantitative estimate of drug-likeness (QED) is 0.350. The molecule has 6 heteroatoms. The number of pyridine rings is 1. The van der Waals surface area contributed by atoms with Gasteiger partial charge in [-0.1, -0.05) is 29.8 Å². The molecule has 0 amide bonds. The highest BCUT2D eigenvalue weighted by atomic mass is 16.5. The van der Waals surface area contributed by atoms with Crippen LogP contribution < -0.4 is 4.74 Å². The lowest BCUT2D eigenvalue weighted by Crippen LogP contribution is -2.44. The van der Waals surface area contributed by atoms with Crippen LogP contribution in [-0.4, -0.2) is 52.8 Å². The number of fused-ring (bicyclic) bond motifs is 1. The fourth-order valence-electron chi connectivity index (χ4n) is 5.52. The zero-order valence-corrected chi connectivity index (χ0v) is 21.4. The maximum absolute atomic E-state index is 12.1. The van der Waals surface area contributed by atoms with E-state index in [1.54, 1.807) is 13.3 Å².